The molecule has 1 aliphatic rings. The summed E-state index contributed by atoms with van der Waals surface area (Å²) in [5.74, 6) is -0.479. The number of hydrogen-bond donors (Lipinski definition) is 1. The first kappa shape index (κ1) is 23.1. The number of rotatable bonds is 6. The molecule has 0 spiro atoms. The van der Waals surface area contributed by atoms with E-state index in [0.29, 0.717) is 18.0 Å². The van der Waals surface area contributed by atoms with Gasteiger partial charge in [0.05, 0.1) is 12.1 Å². The van der Waals surface area contributed by atoms with Gasteiger partial charge in [0.25, 0.3) is 5.91 Å². The Hall–Kier alpha value is -3.59. The molecular formula is C26H28FN3O2. The number of likely N-dealkylation sites (N-methyl/N-ethyl adjacent to an activating group) is 1. The molecule has 0 fully saturated rings. The monoisotopic (exact) mass is 433 g/mol. The number of halogens is 1. The van der Waals surface area contributed by atoms with Crippen LogP contribution in [0.5, 0.6) is 5.75 Å². The molecule has 5 nitrogen and oxygen atoms in total. The van der Waals surface area contributed by atoms with Crippen LogP contribution < -0.4 is 15.0 Å². The fourth-order valence-corrected chi connectivity index (χ4v) is 4.14. The van der Waals surface area contributed by atoms with E-state index in [1.54, 1.807) is 30.3 Å². The van der Waals surface area contributed by atoms with Crippen LogP contribution in [-0.2, 0) is 4.79 Å². The molecule has 0 saturated carbocycles. The fourth-order valence-electron chi connectivity index (χ4n) is 4.14. The highest BCUT2D eigenvalue weighted by Gasteiger charge is 2.31. The van der Waals surface area contributed by atoms with E-state index >= 15 is 4.39 Å². The second-order valence-corrected chi connectivity index (χ2v) is 8.20. The number of allylic oxidation sites excluding steroid dienone is 1. The van der Waals surface area contributed by atoms with Crippen molar-refractivity contribution in [2.75, 3.05) is 23.4 Å². The Kier molecular flexibility index (Phi) is 6.69. The predicted molar refractivity (Wildman–Crippen MR) is 127 cm³/mol. The number of carbonyl (C=O) groups excluding carboxylic acids is 1. The molecule has 2 aromatic carbocycles. The van der Waals surface area contributed by atoms with Gasteiger partial charge in [-0.05, 0) is 70.5 Å². The minimum atomic E-state index is -0.609. The van der Waals surface area contributed by atoms with Gasteiger partial charge in [-0.2, -0.15) is 5.26 Å². The molecular weight excluding hydrogens is 405 g/mol. The molecule has 166 valence electrons. The van der Waals surface area contributed by atoms with Gasteiger partial charge >= 0.3 is 0 Å². The molecule has 6 heteroatoms. The van der Waals surface area contributed by atoms with Crippen molar-refractivity contribution in [3.8, 4) is 11.8 Å². The van der Waals surface area contributed by atoms with Crippen molar-refractivity contribution in [2.45, 2.75) is 40.2 Å². The van der Waals surface area contributed by atoms with Crippen molar-refractivity contribution in [2.24, 2.45) is 0 Å². The van der Waals surface area contributed by atoms with E-state index in [-0.39, 0.29) is 16.7 Å². The molecule has 32 heavy (non-hydrogen) atoms. The Morgan fingerprint density at radius 3 is 2.69 bits per heavy atom. The Morgan fingerprint density at radius 1 is 1.28 bits per heavy atom. The predicted octanol–water partition coefficient (Wildman–Crippen LogP) is 5.79. The molecule has 0 aromatic heterocycles. The number of fused-ring (bicyclic) bond motifs is 1. The van der Waals surface area contributed by atoms with Crippen LogP contribution in [0.3, 0.4) is 0 Å². The first-order valence-corrected chi connectivity index (χ1v) is 10.7. The van der Waals surface area contributed by atoms with E-state index in [4.69, 9.17) is 4.74 Å². The molecule has 0 aliphatic carbocycles. The number of hydrogen-bond acceptors (Lipinski definition) is 4. The summed E-state index contributed by atoms with van der Waals surface area (Å²) in [4.78, 5) is 14.8. The van der Waals surface area contributed by atoms with Gasteiger partial charge in [-0.1, -0.05) is 12.1 Å². The summed E-state index contributed by atoms with van der Waals surface area (Å²) in [7, 11) is 0. The molecule has 0 bridgehead atoms. The van der Waals surface area contributed by atoms with Crippen LogP contribution in [0.4, 0.5) is 15.8 Å². The zero-order valence-electron chi connectivity index (χ0n) is 19.1. The number of nitrogens with one attached hydrogen (secondary N) is 1. The maximum Gasteiger partial charge on any atom is 0.266 e. The fraction of sp³-hybridized carbons (Fsp3) is 0.308. The van der Waals surface area contributed by atoms with Gasteiger partial charge in [0, 0.05) is 35.1 Å². The lowest BCUT2D eigenvalue weighted by atomic mass is 9.87. The van der Waals surface area contributed by atoms with Crippen LogP contribution in [0, 0.1) is 17.1 Å². The van der Waals surface area contributed by atoms with Crippen LogP contribution in [0.2, 0.25) is 0 Å². The highest BCUT2D eigenvalue weighted by atomic mass is 19.1. The standard InChI is InChI=1S/C26H28FN3O2/c1-6-30-24-14-23(27)18(12-22(24)17(3)15-26(30,4)5)11-19(16-28)25(31)29-20-9-8-10-21(13-20)32-7-2/h8-15H,6-7H2,1-5H3,(H,29,31)/b19-11+. The smallest absolute Gasteiger partial charge is 0.266 e. The number of amides is 1. The molecule has 0 unspecified atom stereocenters. The number of nitrogens with zero attached hydrogens (tertiary/aromatic N) is 2. The number of nitriles is 1. The van der Waals surface area contributed by atoms with Gasteiger partial charge < -0.3 is 15.0 Å². The second kappa shape index (κ2) is 9.27. The molecule has 0 radical (unpaired) electrons. The lowest BCUT2D eigenvalue weighted by Gasteiger charge is -2.42. The van der Waals surface area contributed by atoms with Gasteiger partial charge in [-0.15, -0.1) is 0 Å². The van der Waals surface area contributed by atoms with E-state index in [1.807, 2.05) is 26.8 Å². The number of anilines is 2. The quantitative estimate of drug-likeness (QED) is 0.462. The lowest BCUT2D eigenvalue weighted by Crippen LogP contribution is -2.45. The molecule has 1 N–H and O–H groups in total. The minimum absolute atomic E-state index is 0.184. The average Bonchev–Trinajstić information content (AvgIpc) is 2.72. The Bertz CT molecular complexity index is 1140. The summed E-state index contributed by atoms with van der Waals surface area (Å²) in [6, 6.07) is 12.0. The van der Waals surface area contributed by atoms with Crippen molar-refractivity contribution in [3.05, 3.63) is 65.0 Å². The number of carbonyl (C=O) groups is 1. The second-order valence-electron chi connectivity index (χ2n) is 8.20. The van der Waals surface area contributed by atoms with E-state index < -0.39 is 11.7 Å². The third-order valence-corrected chi connectivity index (χ3v) is 5.48. The number of benzene rings is 2. The van der Waals surface area contributed by atoms with Crippen LogP contribution in [0.25, 0.3) is 11.6 Å². The topological polar surface area (TPSA) is 65.4 Å². The summed E-state index contributed by atoms with van der Waals surface area (Å²) in [5.41, 5.74) is 3.00. The zero-order chi connectivity index (χ0) is 23.5. The summed E-state index contributed by atoms with van der Waals surface area (Å²) >= 11 is 0. The number of ether oxygens (including phenoxy) is 1. The highest BCUT2D eigenvalue weighted by Crippen LogP contribution is 2.40. The normalized spacial score (nSPS) is 14.8. The van der Waals surface area contributed by atoms with Crippen LogP contribution in [0.15, 0.2) is 48.0 Å². The summed E-state index contributed by atoms with van der Waals surface area (Å²) in [6.45, 7) is 11.3. The Morgan fingerprint density at radius 2 is 2.03 bits per heavy atom. The SMILES string of the molecule is CCOc1cccc(NC(=O)/C(C#N)=C/c2cc3c(cc2F)N(CC)C(C)(C)C=C3C)c1. The van der Waals surface area contributed by atoms with Crippen molar-refractivity contribution in [3.63, 3.8) is 0 Å². The molecule has 0 saturated heterocycles. The highest BCUT2D eigenvalue weighted by molar-refractivity contribution is 6.09. The Labute approximate surface area is 188 Å². The van der Waals surface area contributed by atoms with Gasteiger partial charge in [0.15, 0.2) is 0 Å². The van der Waals surface area contributed by atoms with E-state index in [2.05, 4.69) is 30.1 Å². The lowest BCUT2D eigenvalue weighted by molar-refractivity contribution is -0.112. The van der Waals surface area contributed by atoms with Crippen molar-refractivity contribution in [1.29, 1.82) is 5.26 Å². The van der Waals surface area contributed by atoms with Crippen molar-refractivity contribution in [1.82, 2.24) is 0 Å². The maximum atomic E-state index is 15.0. The largest absolute Gasteiger partial charge is 0.494 e. The summed E-state index contributed by atoms with van der Waals surface area (Å²) in [5, 5.41) is 12.2. The van der Waals surface area contributed by atoms with Gasteiger partial charge in [-0.25, -0.2) is 4.39 Å². The van der Waals surface area contributed by atoms with Crippen molar-refractivity contribution >= 4 is 28.9 Å². The third kappa shape index (κ3) is 4.67. The maximum absolute atomic E-state index is 15.0. The van der Waals surface area contributed by atoms with Crippen LogP contribution in [-0.4, -0.2) is 24.6 Å². The molecule has 0 atom stereocenters. The first-order chi connectivity index (χ1) is 15.2. The summed E-state index contributed by atoms with van der Waals surface area (Å²) in [6.07, 6.45) is 3.44. The van der Waals surface area contributed by atoms with Crippen molar-refractivity contribution < 1.29 is 13.9 Å². The van der Waals surface area contributed by atoms with Gasteiger partial charge in [-0.3, -0.25) is 4.79 Å². The molecule has 1 aliphatic heterocycles. The van der Waals surface area contributed by atoms with E-state index in [9.17, 15) is 10.1 Å². The van der Waals surface area contributed by atoms with Gasteiger partial charge in [0.2, 0.25) is 0 Å². The van der Waals surface area contributed by atoms with E-state index in [1.165, 1.54) is 12.1 Å². The molecule has 1 heterocycles. The summed E-state index contributed by atoms with van der Waals surface area (Å²) < 4.78 is 20.5. The van der Waals surface area contributed by atoms with E-state index in [0.717, 1.165) is 23.4 Å². The minimum Gasteiger partial charge on any atom is -0.494 e. The molecule has 2 aromatic rings. The molecule has 1 amide bonds. The Balaban J connectivity index is 1.95. The van der Waals surface area contributed by atoms with Gasteiger partial charge in [0.1, 0.15) is 23.2 Å². The molecule has 3 rings (SSSR count). The third-order valence-electron chi connectivity index (χ3n) is 5.48. The van der Waals surface area contributed by atoms with Crippen LogP contribution >= 0.6 is 0 Å². The average molecular weight is 434 g/mol. The zero-order valence-corrected chi connectivity index (χ0v) is 19.1. The first-order valence-electron chi connectivity index (χ1n) is 10.7. The van der Waals surface area contributed by atoms with Crippen LogP contribution in [0.1, 0.15) is 45.7 Å².